The van der Waals surface area contributed by atoms with Crippen LogP contribution in [0.15, 0.2) is 23.9 Å². The zero-order valence-electron chi connectivity index (χ0n) is 13.7. The van der Waals surface area contributed by atoms with Crippen molar-refractivity contribution in [2.75, 3.05) is 0 Å². The summed E-state index contributed by atoms with van der Waals surface area (Å²) in [7, 11) is 0. The molecule has 1 amide bonds. The highest BCUT2D eigenvalue weighted by molar-refractivity contribution is 6.00. The quantitative estimate of drug-likeness (QED) is 0.565. The summed E-state index contributed by atoms with van der Waals surface area (Å²) in [5.41, 5.74) is 0.961. The van der Waals surface area contributed by atoms with Crippen molar-refractivity contribution in [3.8, 4) is 0 Å². The van der Waals surface area contributed by atoms with Crippen LogP contribution in [0, 0.1) is 17.8 Å². The average Bonchev–Trinajstić information content (AvgIpc) is 3.12. The Balaban J connectivity index is 1.61. The molecule has 24 heavy (non-hydrogen) atoms. The number of amides is 1. The van der Waals surface area contributed by atoms with Crippen LogP contribution in [0.3, 0.4) is 0 Å². The summed E-state index contributed by atoms with van der Waals surface area (Å²) in [6.45, 7) is 5.15. The Morgan fingerprint density at radius 3 is 2.92 bits per heavy atom. The third kappa shape index (κ3) is 1.95. The molecule has 4 atom stereocenters. The molecule has 0 radical (unpaired) electrons. The minimum atomic E-state index is -1.05. The van der Waals surface area contributed by atoms with Crippen LogP contribution in [0.25, 0.3) is 0 Å². The standard InChI is InChI=1S/C16H20N4O4/c1-8-11(3-10-4-18-6-17-7-19(18)5-10)14(16(23)24)20-13(8)12(9(2)21)15(20)22/h6-10,12-13,21H,3-5H2,1-2H3/p+1/t8-,9+,12+,13+/m0/s1. The van der Waals surface area contributed by atoms with Crippen molar-refractivity contribution in [2.45, 2.75) is 45.5 Å². The van der Waals surface area contributed by atoms with Crippen molar-refractivity contribution in [1.82, 2.24) is 14.6 Å². The van der Waals surface area contributed by atoms with E-state index in [1.165, 1.54) is 4.90 Å². The van der Waals surface area contributed by atoms with E-state index in [2.05, 4.69) is 4.98 Å². The van der Waals surface area contributed by atoms with Gasteiger partial charge in [-0.1, -0.05) is 6.92 Å². The van der Waals surface area contributed by atoms with Crippen molar-refractivity contribution < 1.29 is 24.5 Å². The summed E-state index contributed by atoms with van der Waals surface area (Å²) >= 11 is 0. The van der Waals surface area contributed by atoms with Crippen LogP contribution in [0.1, 0.15) is 20.3 Å². The maximum Gasteiger partial charge on any atom is 0.352 e. The third-order valence-corrected chi connectivity index (χ3v) is 5.65. The molecular formula is C16H21N4O4+. The summed E-state index contributed by atoms with van der Waals surface area (Å²) in [4.78, 5) is 29.6. The second-order valence-electron chi connectivity index (χ2n) is 7.13. The number of carboxylic acid groups (broad SMARTS) is 1. The zero-order chi connectivity index (χ0) is 17.2. The number of aliphatic hydroxyl groups excluding tert-OH is 1. The summed E-state index contributed by atoms with van der Waals surface area (Å²) in [6.07, 6.45) is 3.42. The summed E-state index contributed by atoms with van der Waals surface area (Å²) in [5, 5.41) is 19.5. The number of carboxylic acids is 1. The molecule has 0 bridgehead atoms. The summed E-state index contributed by atoms with van der Waals surface area (Å²) in [5.74, 6) is -1.58. The van der Waals surface area contributed by atoms with Gasteiger partial charge in [-0.25, -0.2) is 4.79 Å². The normalized spacial score (nSPS) is 32.6. The number of rotatable bonds is 4. The van der Waals surface area contributed by atoms with Crippen molar-refractivity contribution >= 4 is 11.9 Å². The van der Waals surface area contributed by atoms with E-state index in [0.717, 1.165) is 18.7 Å². The molecule has 0 saturated carbocycles. The van der Waals surface area contributed by atoms with Crippen LogP contribution in [0.2, 0.25) is 0 Å². The molecule has 4 rings (SSSR count). The number of hydrogen-bond donors (Lipinski definition) is 2. The van der Waals surface area contributed by atoms with Crippen molar-refractivity contribution in [3.63, 3.8) is 0 Å². The van der Waals surface area contributed by atoms with E-state index in [1.807, 2.05) is 16.3 Å². The number of fused-ring (bicyclic) bond motifs is 2. The molecule has 8 heteroatoms. The van der Waals surface area contributed by atoms with E-state index >= 15 is 0 Å². The van der Waals surface area contributed by atoms with Crippen LogP contribution in [0.5, 0.6) is 0 Å². The smallest absolute Gasteiger partial charge is 0.352 e. The maximum absolute atomic E-state index is 12.3. The summed E-state index contributed by atoms with van der Waals surface area (Å²) < 4.78 is 4.04. The van der Waals surface area contributed by atoms with E-state index in [9.17, 15) is 19.8 Å². The van der Waals surface area contributed by atoms with Crippen molar-refractivity contribution in [2.24, 2.45) is 17.8 Å². The maximum atomic E-state index is 12.3. The molecule has 128 valence electrons. The number of aliphatic hydroxyl groups is 1. The van der Waals surface area contributed by atoms with E-state index < -0.39 is 18.0 Å². The second kappa shape index (κ2) is 5.14. The Kier molecular flexibility index (Phi) is 3.28. The van der Waals surface area contributed by atoms with Gasteiger partial charge in [0.2, 0.25) is 12.2 Å². The van der Waals surface area contributed by atoms with Gasteiger partial charge >= 0.3 is 12.3 Å². The van der Waals surface area contributed by atoms with Gasteiger partial charge in [-0.15, -0.1) is 0 Å². The lowest BCUT2D eigenvalue weighted by atomic mass is 9.76. The first kappa shape index (κ1) is 15.3. The molecule has 2 N–H and O–H groups in total. The van der Waals surface area contributed by atoms with Crippen LogP contribution < -0.4 is 4.68 Å². The predicted molar refractivity (Wildman–Crippen MR) is 80.2 cm³/mol. The third-order valence-electron chi connectivity index (χ3n) is 5.65. The number of hydrogen-bond acceptors (Lipinski definition) is 4. The number of carbonyl (C=O) groups is 2. The number of nitrogens with zero attached hydrogens (tertiary/aromatic N) is 4. The van der Waals surface area contributed by atoms with Gasteiger partial charge in [0.1, 0.15) is 12.2 Å². The summed E-state index contributed by atoms with van der Waals surface area (Å²) in [6, 6.07) is -0.228. The molecule has 3 aliphatic heterocycles. The molecule has 3 aliphatic rings. The Bertz CT molecular complexity index is 733. The van der Waals surface area contributed by atoms with E-state index in [-0.39, 0.29) is 23.6 Å². The fourth-order valence-corrected chi connectivity index (χ4v) is 4.56. The van der Waals surface area contributed by atoms with E-state index in [0.29, 0.717) is 12.3 Å². The lowest BCUT2D eigenvalue weighted by Crippen LogP contribution is -2.63. The Labute approximate surface area is 139 Å². The number of aliphatic carboxylic acids is 1. The fraction of sp³-hybridized carbons (Fsp3) is 0.625. The Morgan fingerprint density at radius 2 is 2.29 bits per heavy atom. The van der Waals surface area contributed by atoms with Gasteiger partial charge < -0.3 is 15.1 Å². The second-order valence-corrected chi connectivity index (χ2v) is 7.13. The topological polar surface area (TPSA) is 99.5 Å². The van der Waals surface area contributed by atoms with Gasteiger partial charge in [0.25, 0.3) is 0 Å². The highest BCUT2D eigenvalue weighted by atomic mass is 16.4. The number of carbonyl (C=O) groups excluding carboxylic acids is 1. The highest BCUT2D eigenvalue weighted by Gasteiger charge is 2.59. The molecular weight excluding hydrogens is 312 g/mol. The van der Waals surface area contributed by atoms with Gasteiger partial charge in [0.15, 0.2) is 0 Å². The lowest BCUT2D eigenvalue weighted by molar-refractivity contribution is -0.761. The first-order valence-electron chi connectivity index (χ1n) is 8.27. The first-order valence-corrected chi connectivity index (χ1v) is 8.27. The predicted octanol–water partition coefficient (Wildman–Crippen LogP) is -0.613. The van der Waals surface area contributed by atoms with E-state index in [1.54, 1.807) is 19.6 Å². The molecule has 0 spiro atoms. The van der Waals surface area contributed by atoms with Crippen LogP contribution in [-0.2, 0) is 22.7 Å². The van der Waals surface area contributed by atoms with Crippen LogP contribution in [0.4, 0.5) is 0 Å². The lowest BCUT2D eigenvalue weighted by Gasteiger charge is -2.46. The van der Waals surface area contributed by atoms with Gasteiger partial charge in [0, 0.05) is 11.8 Å². The van der Waals surface area contributed by atoms with Crippen LogP contribution >= 0.6 is 0 Å². The molecule has 4 heterocycles. The SMILES string of the molecule is C[C@@H](O)[C@H]1C(=O)N2C(C(=O)O)=C(CC3Cn4cnc[n+]4C3)[C@H](C)[C@H]12. The van der Waals surface area contributed by atoms with Crippen LogP contribution in [-0.4, -0.2) is 48.8 Å². The molecule has 1 aromatic heterocycles. The fourth-order valence-electron chi connectivity index (χ4n) is 4.56. The van der Waals surface area contributed by atoms with Crippen molar-refractivity contribution in [3.05, 3.63) is 23.9 Å². The van der Waals surface area contributed by atoms with E-state index in [4.69, 9.17) is 0 Å². The first-order chi connectivity index (χ1) is 11.4. The van der Waals surface area contributed by atoms with Gasteiger partial charge in [0.05, 0.1) is 24.6 Å². The molecule has 1 saturated heterocycles. The molecule has 0 unspecified atom stereocenters. The van der Waals surface area contributed by atoms with Crippen molar-refractivity contribution in [1.29, 1.82) is 0 Å². The molecule has 1 fully saturated rings. The van der Waals surface area contributed by atoms with Gasteiger partial charge in [-0.3, -0.25) is 4.79 Å². The molecule has 8 nitrogen and oxygen atoms in total. The minimum Gasteiger partial charge on any atom is -0.477 e. The van der Waals surface area contributed by atoms with Gasteiger partial charge in [-0.05, 0) is 23.9 Å². The zero-order valence-corrected chi connectivity index (χ0v) is 13.7. The monoisotopic (exact) mass is 333 g/mol. The Hall–Kier alpha value is -2.22. The largest absolute Gasteiger partial charge is 0.477 e. The highest BCUT2D eigenvalue weighted by Crippen LogP contribution is 2.48. The molecule has 1 aromatic rings. The minimum absolute atomic E-state index is 0.0449. The average molecular weight is 333 g/mol. The number of aromatic nitrogens is 3. The molecule has 0 aliphatic carbocycles. The number of β-lactam (4-membered cyclic amide) rings is 1. The van der Waals surface area contributed by atoms with Gasteiger partial charge in [-0.2, -0.15) is 9.36 Å². The Morgan fingerprint density at radius 1 is 1.54 bits per heavy atom. The molecule has 0 aromatic carbocycles.